The van der Waals surface area contributed by atoms with Crippen molar-refractivity contribution in [2.24, 2.45) is 0 Å². The largest absolute Gasteiger partial charge is 0.508 e. The van der Waals surface area contributed by atoms with Crippen LogP contribution in [0, 0.1) is 6.92 Å². The van der Waals surface area contributed by atoms with Crippen molar-refractivity contribution in [3.05, 3.63) is 53.2 Å². The summed E-state index contributed by atoms with van der Waals surface area (Å²) in [5, 5.41) is 15.3. The summed E-state index contributed by atoms with van der Waals surface area (Å²) in [6.45, 7) is 7.89. The number of anilines is 3. The van der Waals surface area contributed by atoms with Gasteiger partial charge >= 0.3 is 0 Å². The molecule has 25 heavy (non-hydrogen) atoms. The van der Waals surface area contributed by atoms with Crippen molar-refractivity contribution in [2.45, 2.75) is 20.8 Å². The first-order chi connectivity index (χ1) is 12.0. The summed E-state index contributed by atoms with van der Waals surface area (Å²) in [6, 6.07) is 11.3. The van der Waals surface area contributed by atoms with Gasteiger partial charge in [0.15, 0.2) is 0 Å². The maximum Gasteiger partial charge on any atom is 0.120 e. The maximum absolute atomic E-state index is 10.2. The van der Waals surface area contributed by atoms with Crippen LogP contribution in [0.2, 0.25) is 5.02 Å². The minimum absolute atomic E-state index is 0.304. The lowest BCUT2D eigenvalue weighted by Gasteiger charge is -2.27. The van der Waals surface area contributed by atoms with Crippen LogP contribution < -0.4 is 10.2 Å². The summed E-state index contributed by atoms with van der Waals surface area (Å²) in [7, 11) is 0. The third-order valence-corrected chi connectivity index (χ3v) is 4.69. The van der Waals surface area contributed by atoms with E-state index in [1.165, 1.54) is 0 Å². The van der Waals surface area contributed by atoms with Crippen LogP contribution in [-0.4, -0.2) is 23.2 Å². The van der Waals surface area contributed by atoms with E-state index in [0.29, 0.717) is 10.8 Å². The molecule has 0 fully saturated rings. The lowest BCUT2D eigenvalue weighted by Crippen LogP contribution is -2.23. The average molecular weight is 356 g/mol. The van der Waals surface area contributed by atoms with E-state index >= 15 is 0 Å². The Hall–Kier alpha value is -2.46. The molecule has 0 radical (unpaired) electrons. The molecule has 0 aliphatic carbocycles. The molecular weight excluding hydrogens is 334 g/mol. The SMILES string of the molecule is CCN(CC)c1c(Nc2ccnc3cc(Cl)ccc23)ccc(O)c1C. The quantitative estimate of drug-likeness (QED) is 0.594. The number of hydrogen-bond donors (Lipinski definition) is 2. The van der Waals surface area contributed by atoms with Crippen molar-refractivity contribution >= 4 is 39.6 Å². The molecule has 3 rings (SSSR count). The number of nitrogens with one attached hydrogen (secondary N) is 1. The fraction of sp³-hybridized carbons (Fsp3) is 0.250. The Kier molecular flexibility index (Phi) is 5.00. The molecule has 2 aromatic carbocycles. The monoisotopic (exact) mass is 355 g/mol. The van der Waals surface area contributed by atoms with E-state index in [2.05, 4.69) is 29.0 Å². The first-order valence-corrected chi connectivity index (χ1v) is 8.81. The van der Waals surface area contributed by atoms with Gasteiger partial charge in [0, 0.05) is 40.9 Å². The summed E-state index contributed by atoms with van der Waals surface area (Å²) in [6.07, 6.45) is 1.77. The predicted molar refractivity (Wildman–Crippen MR) is 106 cm³/mol. The summed E-state index contributed by atoms with van der Waals surface area (Å²) in [5.41, 5.74) is 4.65. The van der Waals surface area contributed by atoms with Crippen LogP contribution in [0.15, 0.2) is 42.6 Å². The van der Waals surface area contributed by atoms with Gasteiger partial charge in [-0.15, -0.1) is 0 Å². The lowest BCUT2D eigenvalue weighted by molar-refractivity contribution is 0.471. The van der Waals surface area contributed by atoms with Crippen LogP contribution in [0.4, 0.5) is 17.1 Å². The third kappa shape index (κ3) is 3.35. The van der Waals surface area contributed by atoms with Gasteiger partial charge in [0.1, 0.15) is 5.75 Å². The number of aromatic nitrogens is 1. The highest BCUT2D eigenvalue weighted by Gasteiger charge is 2.15. The Bertz CT molecular complexity index is 907. The van der Waals surface area contributed by atoms with Crippen molar-refractivity contribution < 1.29 is 5.11 Å². The fourth-order valence-corrected chi connectivity index (χ4v) is 3.28. The number of benzene rings is 2. The van der Waals surface area contributed by atoms with Crippen LogP contribution in [0.25, 0.3) is 10.9 Å². The van der Waals surface area contributed by atoms with E-state index in [1.54, 1.807) is 12.3 Å². The zero-order valence-corrected chi connectivity index (χ0v) is 15.4. The highest BCUT2D eigenvalue weighted by atomic mass is 35.5. The van der Waals surface area contributed by atoms with Crippen LogP contribution >= 0.6 is 11.6 Å². The Morgan fingerprint density at radius 3 is 2.56 bits per heavy atom. The van der Waals surface area contributed by atoms with E-state index in [-0.39, 0.29) is 0 Å². The van der Waals surface area contributed by atoms with Crippen molar-refractivity contribution in [1.29, 1.82) is 0 Å². The van der Waals surface area contributed by atoms with Gasteiger partial charge in [-0.25, -0.2) is 0 Å². The van der Waals surface area contributed by atoms with Gasteiger partial charge in [-0.05, 0) is 57.2 Å². The predicted octanol–water partition coefficient (Wildman–Crippen LogP) is 5.49. The molecule has 0 bridgehead atoms. The van der Waals surface area contributed by atoms with Gasteiger partial charge in [0.25, 0.3) is 0 Å². The molecule has 130 valence electrons. The van der Waals surface area contributed by atoms with Gasteiger partial charge in [-0.2, -0.15) is 0 Å². The van der Waals surface area contributed by atoms with E-state index < -0.39 is 0 Å². The summed E-state index contributed by atoms with van der Waals surface area (Å²) in [4.78, 5) is 6.62. The van der Waals surface area contributed by atoms with Crippen LogP contribution in [0.1, 0.15) is 19.4 Å². The standard InChI is InChI=1S/C20H22ClN3O/c1-4-24(5-2)20-13(3)19(25)9-8-17(20)23-16-10-11-22-18-12-14(21)6-7-15(16)18/h6-12,25H,4-5H2,1-3H3,(H,22,23). The fourth-order valence-electron chi connectivity index (χ4n) is 3.11. The van der Waals surface area contributed by atoms with Crippen LogP contribution in [0.5, 0.6) is 5.75 Å². The van der Waals surface area contributed by atoms with Crippen LogP contribution in [-0.2, 0) is 0 Å². The van der Waals surface area contributed by atoms with Crippen molar-refractivity contribution in [2.75, 3.05) is 23.3 Å². The molecule has 1 aromatic heterocycles. The number of phenols is 1. The molecule has 0 saturated heterocycles. The van der Waals surface area contributed by atoms with Crippen molar-refractivity contribution in [3.8, 4) is 5.75 Å². The van der Waals surface area contributed by atoms with Gasteiger partial charge < -0.3 is 15.3 Å². The van der Waals surface area contributed by atoms with Gasteiger partial charge in [0.05, 0.1) is 16.9 Å². The molecule has 3 aromatic rings. The number of hydrogen-bond acceptors (Lipinski definition) is 4. The minimum Gasteiger partial charge on any atom is -0.508 e. The summed E-state index contributed by atoms with van der Waals surface area (Å²) in [5.74, 6) is 0.304. The topological polar surface area (TPSA) is 48.4 Å². The molecule has 0 spiro atoms. The molecule has 0 amide bonds. The Balaban J connectivity index is 2.11. The maximum atomic E-state index is 10.2. The number of fused-ring (bicyclic) bond motifs is 1. The number of aromatic hydroxyl groups is 1. The first kappa shape index (κ1) is 17.4. The molecule has 0 unspecified atom stereocenters. The Labute approximate surface area is 153 Å². The smallest absolute Gasteiger partial charge is 0.120 e. The number of phenolic OH excluding ortho intramolecular Hbond substituents is 1. The van der Waals surface area contributed by atoms with E-state index in [0.717, 1.165) is 46.6 Å². The Morgan fingerprint density at radius 1 is 1.08 bits per heavy atom. The zero-order valence-electron chi connectivity index (χ0n) is 14.7. The van der Waals surface area contributed by atoms with Crippen molar-refractivity contribution in [3.63, 3.8) is 0 Å². The molecular formula is C20H22ClN3O. The third-order valence-electron chi connectivity index (χ3n) is 4.46. The minimum atomic E-state index is 0.304. The van der Waals surface area contributed by atoms with E-state index in [9.17, 15) is 5.11 Å². The lowest BCUT2D eigenvalue weighted by atomic mass is 10.1. The van der Waals surface area contributed by atoms with Gasteiger partial charge in [-0.1, -0.05) is 11.6 Å². The molecule has 5 heteroatoms. The second-order valence-electron chi connectivity index (χ2n) is 5.92. The molecule has 0 saturated carbocycles. The van der Waals surface area contributed by atoms with Crippen LogP contribution in [0.3, 0.4) is 0 Å². The first-order valence-electron chi connectivity index (χ1n) is 8.44. The number of pyridine rings is 1. The number of halogens is 1. The highest BCUT2D eigenvalue weighted by molar-refractivity contribution is 6.31. The van der Waals surface area contributed by atoms with Crippen molar-refractivity contribution in [1.82, 2.24) is 4.98 Å². The summed E-state index contributed by atoms with van der Waals surface area (Å²) >= 11 is 6.08. The van der Waals surface area contributed by atoms with E-state index in [4.69, 9.17) is 11.6 Å². The average Bonchev–Trinajstić information content (AvgIpc) is 2.61. The normalized spacial score (nSPS) is 10.9. The summed E-state index contributed by atoms with van der Waals surface area (Å²) < 4.78 is 0. The Morgan fingerprint density at radius 2 is 1.84 bits per heavy atom. The van der Waals surface area contributed by atoms with E-state index in [1.807, 2.05) is 37.3 Å². The molecule has 2 N–H and O–H groups in total. The second kappa shape index (κ2) is 7.19. The molecule has 0 aliphatic heterocycles. The number of rotatable bonds is 5. The second-order valence-corrected chi connectivity index (χ2v) is 6.36. The number of nitrogens with zero attached hydrogens (tertiary/aromatic N) is 2. The highest BCUT2D eigenvalue weighted by Crippen LogP contribution is 2.38. The zero-order chi connectivity index (χ0) is 18.0. The van der Waals surface area contributed by atoms with Gasteiger partial charge in [-0.3, -0.25) is 4.98 Å². The van der Waals surface area contributed by atoms with Gasteiger partial charge in [0.2, 0.25) is 0 Å². The molecule has 4 nitrogen and oxygen atoms in total. The molecule has 0 aliphatic rings. The molecule has 0 atom stereocenters. The molecule has 1 heterocycles.